The third-order valence-electron chi connectivity index (χ3n) is 4.40. The number of ether oxygens (including phenoxy) is 1. The summed E-state index contributed by atoms with van der Waals surface area (Å²) < 4.78 is 5.05. The smallest absolute Gasteiger partial charge is 0.336 e. The van der Waals surface area contributed by atoms with Gasteiger partial charge >= 0.3 is 5.97 Å². The van der Waals surface area contributed by atoms with Crippen molar-refractivity contribution in [3.8, 4) is 0 Å². The lowest BCUT2D eigenvalue weighted by atomic mass is 9.79. The molecule has 1 N–H and O–H groups in total. The summed E-state index contributed by atoms with van der Waals surface area (Å²) in [4.78, 5) is 17.1. The molecule has 2 heterocycles. The number of esters is 1. The second kappa shape index (κ2) is 7.52. The van der Waals surface area contributed by atoms with Crippen LogP contribution in [0.1, 0.15) is 31.0 Å². The van der Waals surface area contributed by atoms with Gasteiger partial charge in [0.15, 0.2) is 0 Å². The van der Waals surface area contributed by atoms with Gasteiger partial charge in [-0.25, -0.2) is 4.79 Å². The number of pyridine rings is 1. The van der Waals surface area contributed by atoms with Crippen molar-refractivity contribution in [2.24, 2.45) is 0 Å². The first-order valence-corrected chi connectivity index (χ1v) is 8.83. The standard InChI is InChI=1S/C20H18Cl2N2O2/c1-11-16(15-9-4-5-10-23-15)18(13-7-6-8-14(21)19(13)22)17(12(2)24-11)20(25)26-3/h4-10,18,24H,1-3H3. The van der Waals surface area contributed by atoms with Crippen LogP contribution >= 0.6 is 23.2 Å². The van der Waals surface area contributed by atoms with Gasteiger partial charge in [-0.2, -0.15) is 0 Å². The second-order valence-electron chi connectivity index (χ2n) is 5.98. The van der Waals surface area contributed by atoms with Gasteiger partial charge in [-0.1, -0.05) is 41.4 Å². The number of allylic oxidation sites excluding steroid dienone is 3. The van der Waals surface area contributed by atoms with E-state index in [-0.39, 0.29) is 0 Å². The molecule has 1 aromatic heterocycles. The minimum atomic E-state index is -0.440. The van der Waals surface area contributed by atoms with Crippen LogP contribution in [0.3, 0.4) is 0 Å². The molecule has 2 aromatic rings. The van der Waals surface area contributed by atoms with Gasteiger partial charge < -0.3 is 10.1 Å². The molecule has 134 valence electrons. The van der Waals surface area contributed by atoms with Crippen molar-refractivity contribution in [2.45, 2.75) is 19.8 Å². The highest BCUT2D eigenvalue weighted by atomic mass is 35.5. The molecular formula is C20H18Cl2N2O2. The van der Waals surface area contributed by atoms with Crippen LogP contribution < -0.4 is 5.32 Å². The minimum Gasteiger partial charge on any atom is -0.466 e. The first-order chi connectivity index (χ1) is 12.5. The molecule has 0 saturated carbocycles. The second-order valence-corrected chi connectivity index (χ2v) is 6.77. The van der Waals surface area contributed by atoms with Crippen LogP contribution in [0.15, 0.2) is 59.6 Å². The fraction of sp³-hybridized carbons (Fsp3) is 0.200. The summed E-state index contributed by atoms with van der Waals surface area (Å²) in [5.41, 5.74) is 4.46. The Kier molecular flexibility index (Phi) is 5.35. The predicted octanol–water partition coefficient (Wildman–Crippen LogP) is 4.95. The first-order valence-electron chi connectivity index (χ1n) is 8.07. The summed E-state index contributed by atoms with van der Waals surface area (Å²) in [6.45, 7) is 3.80. The molecule has 6 heteroatoms. The van der Waals surface area contributed by atoms with E-state index >= 15 is 0 Å². The van der Waals surface area contributed by atoms with Crippen molar-refractivity contribution in [1.29, 1.82) is 0 Å². The molecular weight excluding hydrogens is 371 g/mol. The Bertz CT molecular complexity index is 921. The number of aromatic nitrogens is 1. The molecule has 0 aliphatic carbocycles. The molecule has 1 aliphatic heterocycles. The van der Waals surface area contributed by atoms with Gasteiger partial charge in [0.2, 0.25) is 0 Å². The monoisotopic (exact) mass is 388 g/mol. The molecule has 0 saturated heterocycles. The molecule has 0 radical (unpaired) electrons. The number of halogens is 2. The van der Waals surface area contributed by atoms with Crippen LogP contribution in [0.2, 0.25) is 10.0 Å². The van der Waals surface area contributed by atoms with Crippen LogP contribution in [-0.4, -0.2) is 18.1 Å². The topological polar surface area (TPSA) is 51.2 Å². The van der Waals surface area contributed by atoms with Crippen LogP contribution in [0.25, 0.3) is 5.57 Å². The number of dihydropyridines is 1. The van der Waals surface area contributed by atoms with E-state index < -0.39 is 11.9 Å². The van der Waals surface area contributed by atoms with Gasteiger partial charge in [0, 0.05) is 29.1 Å². The molecule has 0 amide bonds. The van der Waals surface area contributed by atoms with Gasteiger partial charge in [0.1, 0.15) is 0 Å². The molecule has 0 spiro atoms. The average Bonchev–Trinajstić information content (AvgIpc) is 2.63. The minimum absolute atomic E-state index is 0.413. The van der Waals surface area contributed by atoms with Crippen LogP contribution in [0.4, 0.5) is 0 Å². The van der Waals surface area contributed by atoms with E-state index in [0.29, 0.717) is 15.6 Å². The van der Waals surface area contributed by atoms with Gasteiger partial charge in [0.25, 0.3) is 0 Å². The SMILES string of the molecule is COC(=O)C1=C(C)NC(C)=C(c2ccccn2)C1c1cccc(Cl)c1Cl. The zero-order valence-electron chi connectivity index (χ0n) is 14.6. The van der Waals surface area contributed by atoms with Crippen molar-refractivity contribution < 1.29 is 9.53 Å². The third-order valence-corrected chi connectivity index (χ3v) is 5.23. The number of hydrogen-bond donors (Lipinski definition) is 1. The van der Waals surface area contributed by atoms with Gasteiger partial charge in [-0.3, -0.25) is 4.98 Å². The maximum absolute atomic E-state index is 12.6. The van der Waals surface area contributed by atoms with Crippen molar-refractivity contribution in [2.75, 3.05) is 7.11 Å². The third kappa shape index (κ3) is 3.22. The predicted molar refractivity (Wildman–Crippen MR) is 104 cm³/mol. The first kappa shape index (κ1) is 18.5. The molecule has 1 atom stereocenters. The van der Waals surface area contributed by atoms with E-state index in [0.717, 1.165) is 28.2 Å². The molecule has 0 bridgehead atoms. The number of hydrogen-bond acceptors (Lipinski definition) is 4. The van der Waals surface area contributed by atoms with Crippen LogP contribution in [0, 0.1) is 0 Å². The van der Waals surface area contributed by atoms with E-state index in [9.17, 15) is 4.79 Å². The summed E-state index contributed by atoms with van der Waals surface area (Å²) in [6.07, 6.45) is 1.72. The van der Waals surface area contributed by atoms with E-state index in [1.807, 2.05) is 44.2 Å². The Hall–Kier alpha value is -2.30. The molecule has 0 fully saturated rings. The van der Waals surface area contributed by atoms with Gasteiger partial charge in [-0.15, -0.1) is 0 Å². The average molecular weight is 389 g/mol. The number of rotatable bonds is 3. The molecule has 1 aromatic carbocycles. The number of carbonyl (C=O) groups excluding carboxylic acids is 1. The number of methoxy groups -OCH3 is 1. The summed E-state index contributed by atoms with van der Waals surface area (Å²) >= 11 is 12.8. The number of benzene rings is 1. The van der Waals surface area contributed by atoms with E-state index in [1.54, 1.807) is 12.3 Å². The summed E-state index contributed by atoms with van der Waals surface area (Å²) in [7, 11) is 1.37. The number of nitrogens with one attached hydrogen (secondary N) is 1. The summed E-state index contributed by atoms with van der Waals surface area (Å²) in [5.74, 6) is -0.859. The highest BCUT2D eigenvalue weighted by molar-refractivity contribution is 6.42. The quantitative estimate of drug-likeness (QED) is 0.755. The summed E-state index contributed by atoms with van der Waals surface area (Å²) in [5, 5.41) is 4.12. The van der Waals surface area contributed by atoms with E-state index in [1.165, 1.54) is 7.11 Å². The zero-order valence-corrected chi connectivity index (χ0v) is 16.2. The molecule has 1 aliphatic rings. The maximum atomic E-state index is 12.6. The normalized spacial score (nSPS) is 17.2. The highest BCUT2D eigenvalue weighted by Gasteiger charge is 2.36. The fourth-order valence-electron chi connectivity index (χ4n) is 3.29. The van der Waals surface area contributed by atoms with Gasteiger partial charge in [0.05, 0.1) is 28.4 Å². The molecule has 3 rings (SSSR count). The van der Waals surface area contributed by atoms with Crippen molar-refractivity contribution >= 4 is 34.7 Å². The molecule has 1 unspecified atom stereocenters. The Balaban J connectivity index is 2.30. The van der Waals surface area contributed by atoms with Crippen LogP contribution in [-0.2, 0) is 9.53 Å². The Morgan fingerprint density at radius 1 is 1.12 bits per heavy atom. The lowest BCUT2D eigenvalue weighted by Crippen LogP contribution is -2.28. The fourth-order valence-corrected chi connectivity index (χ4v) is 3.71. The molecule has 4 nitrogen and oxygen atoms in total. The van der Waals surface area contributed by atoms with Crippen LogP contribution in [0.5, 0.6) is 0 Å². The van der Waals surface area contributed by atoms with E-state index in [2.05, 4.69) is 10.3 Å². The number of carbonyl (C=O) groups is 1. The Labute approximate surface area is 162 Å². The number of nitrogens with zero attached hydrogens (tertiary/aromatic N) is 1. The largest absolute Gasteiger partial charge is 0.466 e. The maximum Gasteiger partial charge on any atom is 0.336 e. The zero-order chi connectivity index (χ0) is 18.8. The van der Waals surface area contributed by atoms with Gasteiger partial charge in [-0.05, 0) is 37.6 Å². The summed E-state index contributed by atoms with van der Waals surface area (Å²) in [6, 6.07) is 11.1. The van der Waals surface area contributed by atoms with Crippen molar-refractivity contribution in [1.82, 2.24) is 10.3 Å². The van der Waals surface area contributed by atoms with Crippen molar-refractivity contribution in [3.63, 3.8) is 0 Å². The molecule has 26 heavy (non-hydrogen) atoms. The lowest BCUT2D eigenvalue weighted by Gasteiger charge is -2.31. The highest BCUT2D eigenvalue weighted by Crippen LogP contribution is 2.46. The van der Waals surface area contributed by atoms with Crippen molar-refractivity contribution in [3.05, 3.63) is 80.9 Å². The van der Waals surface area contributed by atoms with E-state index in [4.69, 9.17) is 27.9 Å². The Morgan fingerprint density at radius 3 is 2.54 bits per heavy atom. The lowest BCUT2D eigenvalue weighted by molar-refractivity contribution is -0.136. The Morgan fingerprint density at radius 2 is 1.88 bits per heavy atom.